The van der Waals surface area contributed by atoms with Gasteiger partial charge in [-0.3, -0.25) is 14.6 Å². The van der Waals surface area contributed by atoms with Crippen molar-refractivity contribution in [1.82, 2.24) is 9.80 Å². The van der Waals surface area contributed by atoms with Gasteiger partial charge in [0.1, 0.15) is 6.79 Å². The van der Waals surface area contributed by atoms with E-state index in [1.807, 2.05) is 6.08 Å². The number of unbranched alkanes of at least 4 members (excludes halogenated alkanes) is 18. The number of rotatable bonds is 50. The zero-order valence-corrected chi connectivity index (χ0v) is 41.6. The highest BCUT2D eigenvalue weighted by Gasteiger charge is 2.25. The Labute approximate surface area is 388 Å². The molecule has 11 nitrogen and oxygen atoms in total. The number of carbonyl (C=O) groups excluding carboxylic acids is 1. The van der Waals surface area contributed by atoms with Crippen LogP contribution in [0.1, 0.15) is 220 Å². The Balaban J connectivity index is 4.24. The molecule has 0 aliphatic heterocycles. The average Bonchev–Trinajstić information content (AvgIpc) is 3.23. The van der Waals surface area contributed by atoms with Crippen molar-refractivity contribution in [2.75, 3.05) is 65.9 Å². The number of esters is 1. The molecule has 0 aliphatic rings. The summed E-state index contributed by atoms with van der Waals surface area (Å²) in [4.78, 5) is 17.0. The maximum Gasteiger partial charge on any atom is 0.308 e. The van der Waals surface area contributed by atoms with Crippen molar-refractivity contribution in [3.8, 4) is 0 Å². The summed E-state index contributed by atoms with van der Waals surface area (Å²) in [6.45, 7) is 17.5. The van der Waals surface area contributed by atoms with Gasteiger partial charge in [-0.05, 0) is 90.6 Å². The first-order valence-electron chi connectivity index (χ1n) is 26.3. The summed E-state index contributed by atoms with van der Waals surface area (Å²) in [5.41, 5.74) is -1.22. The topological polar surface area (TPSA) is 152 Å². The number of allylic oxidation sites excluding steroid dienone is 1. The van der Waals surface area contributed by atoms with Crippen LogP contribution < -0.4 is 0 Å². The number of aliphatic hydroxyl groups excluding tert-OH is 4. The van der Waals surface area contributed by atoms with Gasteiger partial charge < -0.3 is 39.7 Å². The van der Waals surface area contributed by atoms with Gasteiger partial charge >= 0.3 is 5.97 Å². The molecule has 0 rings (SSSR count). The zero-order valence-electron chi connectivity index (χ0n) is 41.6. The van der Waals surface area contributed by atoms with E-state index in [9.17, 15) is 30.3 Å². The van der Waals surface area contributed by atoms with E-state index in [1.54, 1.807) is 6.92 Å². The molecular formula is C52H104N2O9. The molecule has 0 aliphatic carbocycles. The van der Waals surface area contributed by atoms with Gasteiger partial charge in [0, 0.05) is 32.8 Å². The zero-order chi connectivity index (χ0) is 46.7. The lowest BCUT2D eigenvalue weighted by Crippen LogP contribution is -2.38. The molecule has 376 valence electrons. The smallest absolute Gasteiger partial charge is 0.308 e. The molecule has 5 atom stereocenters. The number of carbonyl (C=O) groups is 1. The fourth-order valence-corrected chi connectivity index (χ4v) is 8.13. The molecule has 5 unspecified atom stereocenters. The predicted octanol–water partition coefficient (Wildman–Crippen LogP) is 10.3. The number of aliphatic hydroxyl groups is 5. The molecule has 0 fully saturated rings. The van der Waals surface area contributed by atoms with E-state index in [-0.39, 0.29) is 44.2 Å². The maximum absolute atomic E-state index is 12.5. The minimum absolute atomic E-state index is 0.0852. The minimum atomic E-state index is -1.22. The third-order valence-electron chi connectivity index (χ3n) is 12.1. The molecule has 0 bridgehead atoms. The van der Waals surface area contributed by atoms with Crippen molar-refractivity contribution in [1.29, 1.82) is 0 Å². The van der Waals surface area contributed by atoms with Gasteiger partial charge in [-0.25, -0.2) is 0 Å². The van der Waals surface area contributed by atoms with E-state index >= 15 is 0 Å². The third-order valence-corrected chi connectivity index (χ3v) is 12.1. The maximum atomic E-state index is 12.5. The van der Waals surface area contributed by atoms with Crippen molar-refractivity contribution in [3.05, 3.63) is 12.7 Å². The Morgan fingerprint density at radius 1 is 0.540 bits per heavy atom. The Hall–Kier alpha value is -1.15. The van der Waals surface area contributed by atoms with Crippen LogP contribution >= 0.6 is 0 Å². The second kappa shape index (κ2) is 44.7. The lowest BCUT2D eigenvalue weighted by molar-refractivity contribution is -0.149. The first kappa shape index (κ1) is 61.9. The molecular weight excluding hydrogens is 797 g/mol. The van der Waals surface area contributed by atoms with Crippen molar-refractivity contribution in [3.63, 3.8) is 0 Å². The van der Waals surface area contributed by atoms with Crippen LogP contribution in [-0.2, 0) is 19.0 Å². The predicted molar refractivity (Wildman–Crippen MR) is 261 cm³/mol. The van der Waals surface area contributed by atoms with E-state index in [0.717, 1.165) is 154 Å². The van der Waals surface area contributed by atoms with Gasteiger partial charge in [0.25, 0.3) is 0 Å². The first-order valence-corrected chi connectivity index (χ1v) is 26.3. The normalized spacial score (nSPS) is 14.8. The largest absolute Gasteiger partial charge is 0.466 e. The van der Waals surface area contributed by atoms with Crippen LogP contribution in [0.4, 0.5) is 0 Å². The highest BCUT2D eigenvalue weighted by atomic mass is 16.7. The summed E-state index contributed by atoms with van der Waals surface area (Å²) in [6, 6.07) is 0. The van der Waals surface area contributed by atoms with Crippen LogP contribution in [0.15, 0.2) is 12.7 Å². The highest BCUT2D eigenvalue weighted by Crippen LogP contribution is 2.17. The Bertz CT molecular complexity index is 969. The molecule has 0 amide bonds. The van der Waals surface area contributed by atoms with Crippen LogP contribution in [-0.4, -0.2) is 137 Å². The molecule has 0 radical (unpaired) electrons. The summed E-state index contributed by atoms with van der Waals surface area (Å²) in [5.74, 6) is -0.406. The minimum Gasteiger partial charge on any atom is -0.466 e. The van der Waals surface area contributed by atoms with Gasteiger partial charge in [-0.15, -0.1) is 6.58 Å². The van der Waals surface area contributed by atoms with E-state index < -0.39 is 11.6 Å². The summed E-state index contributed by atoms with van der Waals surface area (Å²) in [6.07, 6.45) is 29.7. The molecule has 0 aromatic carbocycles. The van der Waals surface area contributed by atoms with E-state index in [4.69, 9.17) is 14.2 Å². The van der Waals surface area contributed by atoms with Gasteiger partial charge in [0.2, 0.25) is 0 Å². The highest BCUT2D eigenvalue weighted by molar-refractivity contribution is 5.70. The summed E-state index contributed by atoms with van der Waals surface area (Å²) in [7, 11) is 0. The second-order valence-corrected chi connectivity index (χ2v) is 19.0. The van der Waals surface area contributed by atoms with E-state index in [2.05, 4.69) is 37.1 Å². The molecule has 0 aromatic heterocycles. The molecule has 63 heavy (non-hydrogen) atoms. The van der Waals surface area contributed by atoms with Crippen molar-refractivity contribution < 1.29 is 44.5 Å². The lowest BCUT2D eigenvalue weighted by atomic mass is 9.99. The SMILES string of the molecule is C=CCCCCCC(O)CN(CCCCCCOCOCCC(C)(O)CC(=O)OCCCCCCN(CC(O)CCCCCC)CC(O)CCCCCC)CC(O)CCCCCC. The van der Waals surface area contributed by atoms with E-state index in [0.29, 0.717) is 45.8 Å². The van der Waals surface area contributed by atoms with Crippen LogP contribution in [0.25, 0.3) is 0 Å². The number of hydrogen-bond acceptors (Lipinski definition) is 11. The summed E-state index contributed by atoms with van der Waals surface area (Å²) in [5, 5.41) is 53.5. The molecule has 11 heteroatoms. The summed E-state index contributed by atoms with van der Waals surface area (Å²) < 4.78 is 16.7. The van der Waals surface area contributed by atoms with Crippen LogP contribution in [0, 0.1) is 0 Å². The fourth-order valence-electron chi connectivity index (χ4n) is 8.13. The van der Waals surface area contributed by atoms with Gasteiger partial charge in [0.15, 0.2) is 0 Å². The van der Waals surface area contributed by atoms with E-state index in [1.165, 1.54) is 38.5 Å². The Morgan fingerprint density at radius 3 is 1.35 bits per heavy atom. The van der Waals surface area contributed by atoms with Crippen molar-refractivity contribution in [2.45, 2.75) is 250 Å². The van der Waals surface area contributed by atoms with Crippen LogP contribution in [0.3, 0.4) is 0 Å². The molecule has 5 N–H and O–H groups in total. The van der Waals surface area contributed by atoms with Crippen molar-refractivity contribution >= 4 is 5.97 Å². The summed E-state index contributed by atoms with van der Waals surface area (Å²) >= 11 is 0. The lowest BCUT2D eigenvalue weighted by Gasteiger charge is -2.27. The first-order chi connectivity index (χ1) is 30.5. The Morgan fingerprint density at radius 2 is 0.921 bits per heavy atom. The number of hydrogen-bond donors (Lipinski definition) is 5. The average molecular weight is 901 g/mol. The second-order valence-electron chi connectivity index (χ2n) is 19.0. The Kier molecular flexibility index (Phi) is 43.9. The molecule has 0 saturated carbocycles. The van der Waals surface area contributed by atoms with Crippen LogP contribution in [0.2, 0.25) is 0 Å². The quantitative estimate of drug-likeness (QED) is 0.0172. The molecule has 0 spiro atoms. The van der Waals surface area contributed by atoms with Gasteiger partial charge in [-0.2, -0.15) is 0 Å². The standard InChI is InChI=1S/C52H104N2O9/c1-6-10-14-18-26-34-50(58)45-53(42-47(55)31-23-15-11-7-2)36-27-19-21-29-38-61-46-62-40-35-52(5,60)41-51(59)63-39-30-22-20-28-37-54(43-48(56)32-24-16-12-8-3)44-49(57)33-25-17-13-9-4/h6,47-50,55-58,60H,1,7-46H2,2-5H3. The van der Waals surface area contributed by atoms with Gasteiger partial charge in [-0.1, -0.05) is 142 Å². The van der Waals surface area contributed by atoms with Gasteiger partial charge in [0.05, 0.1) is 49.7 Å². The van der Waals surface area contributed by atoms with Crippen molar-refractivity contribution in [2.24, 2.45) is 0 Å². The molecule has 0 heterocycles. The monoisotopic (exact) mass is 901 g/mol. The third kappa shape index (κ3) is 43.2. The fraction of sp³-hybridized carbons (Fsp3) is 0.942. The number of nitrogens with zero attached hydrogens (tertiary/aromatic N) is 2. The number of ether oxygens (including phenoxy) is 3. The molecule has 0 saturated heterocycles. The molecule has 0 aromatic rings. The van der Waals surface area contributed by atoms with Crippen LogP contribution in [0.5, 0.6) is 0 Å².